The van der Waals surface area contributed by atoms with Crippen LogP contribution in [0, 0.1) is 11.8 Å². The molecule has 0 saturated carbocycles. The maximum absolute atomic E-state index is 11.6. The Hall–Kier alpha value is -2.79. The fraction of sp³-hybridized carbons (Fsp3) is 0.586. The van der Waals surface area contributed by atoms with Crippen LogP contribution in [0.5, 0.6) is 11.6 Å². The molecule has 2 aliphatic rings. The SMILES string of the molecule is COCCOCOC1CN(c2ccc(OC3CCN(c4cc(OC)ncc4Cl)CC3C)cc2)C(CC(=O)O)C1C. The summed E-state index contributed by atoms with van der Waals surface area (Å²) >= 11 is 6.42. The Morgan fingerprint density at radius 1 is 1.12 bits per heavy atom. The van der Waals surface area contributed by atoms with E-state index in [0.717, 1.165) is 36.6 Å². The molecule has 1 N–H and O–H groups in total. The summed E-state index contributed by atoms with van der Waals surface area (Å²) in [6, 6.07) is 9.60. The summed E-state index contributed by atoms with van der Waals surface area (Å²) in [6.45, 7) is 7.51. The molecule has 10 nitrogen and oxygen atoms in total. The number of hydrogen-bond donors (Lipinski definition) is 1. The van der Waals surface area contributed by atoms with Crippen molar-refractivity contribution in [2.75, 3.05) is 63.7 Å². The molecular weight excluding hydrogens is 538 g/mol. The Labute approximate surface area is 241 Å². The van der Waals surface area contributed by atoms with Gasteiger partial charge in [-0.2, -0.15) is 0 Å². The highest BCUT2D eigenvalue weighted by Gasteiger charge is 2.41. The lowest BCUT2D eigenvalue weighted by Gasteiger charge is -2.38. The number of carboxylic acid groups (broad SMARTS) is 1. The van der Waals surface area contributed by atoms with Crippen molar-refractivity contribution < 1.29 is 33.6 Å². The van der Waals surface area contributed by atoms with Crippen LogP contribution in [0.15, 0.2) is 36.5 Å². The van der Waals surface area contributed by atoms with Gasteiger partial charge in [-0.05, 0) is 24.3 Å². The first-order valence-electron chi connectivity index (χ1n) is 13.7. The first kappa shape index (κ1) is 30.2. The van der Waals surface area contributed by atoms with Crippen LogP contribution in [0.2, 0.25) is 5.02 Å². The zero-order valence-corrected chi connectivity index (χ0v) is 24.4. The van der Waals surface area contributed by atoms with E-state index in [2.05, 4.69) is 21.7 Å². The number of carbonyl (C=O) groups is 1. The summed E-state index contributed by atoms with van der Waals surface area (Å²) in [4.78, 5) is 20.2. The zero-order valence-electron chi connectivity index (χ0n) is 23.6. The minimum Gasteiger partial charge on any atom is -0.490 e. The molecule has 2 aliphatic heterocycles. The number of piperidine rings is 1. The zero-order chi connectivity index (χ0) is 28.6. The lowest BCUT2D eigenvalue weighted by atomic mass is 9.96. The van der Waals surface area contributed by atoms with Crippen LogP contribution in [-0.2, 0) is 19.0 Å². The lowest BCUT2D eigenvalue weighted by molar-refractivity contribution is -0.137. The molecule has 4 rings (SSSR count). The molecule has 5 atom stereocenters. The number of methoxy groups -OCH3 is 2. The minimum atomic E-state index is -0.828. The van der Waals surface area contributed by atoms with Crippen LogP contribution in [0.1, 0.15) is 26.7 Å². The molecular formula is C29H40ClN3O7. The third kappa shape index (κ3) is 7.48. The summed E-state index contributed by atoms with van der Waals surface area (Å²) in [7, 11) is 3.22. The Morgan fingerprint density at radius 2 is 1.90 bits per heavy atom. The van der Waals surface area contributed by atoms with Gasteiger partial charge >= 0.3 is 5.97 Å². The molecule has 2 aromatic rings. The predicted octanol–water partition coefficient (Wildman–Crippen LogP) is 4.34. The molecule has 0 bridgehead atoms. The van der Waals surface area contributed by atoms with Gasteiger partial charge in [-0.25, -0.2) is 4.98 Å². The third-order valence-corrected chi connectivity index (χ3v) is 8.08. The van der Waals surface area contributed by atoms with Crippen LogP contribution < -0.4 is 19.3 Å². The molecule has 0 radical (unpaired) electrons. The molecule has 5 unspecified atom stereocenters. The number of aliphatic carboxylic acids is 1. The monoisotopic (exact) mass is 577 g/mol. The normalized spacial score (nSPS) is 24.8. The van der Waals surface area contributed by atoms with E-state index in [1.54, 1.807) is 20.4 Å². The summed E-state index contributed by atoms with van der Waals surface area (Å²) in [5, 5.41) is 10.2. The highest BCUT2D eigenvalue weighted by Crippen LogP contribution is 2.36. The number of rotatable bonds is 13. The summed E-state index contributed by atoms with van der Waals surface area (Å²) in [5.41, 5.74) is 1.86. The molecule has 220 valence electrons. The van der Waals surface area contributed by atoms with E-state index in [4.69, 9.17) is 35.3 Å². The third-order valence-electron chi connectivity index (χ3n) is 7.79. The smallest absolute Gasteiger partial charge is 0.305 e. The van der Waals surface area contributed by atoms with Crippen molar-refractivity contribution in [2.24, 2.45) is 11.8 Å². The van der Waals surface area contributed by atoms with E-state index >= 15 is 0 Å². The van der Waals surface area contributed by atoms with Crippen LogP contribution in [-0.4, -0.2) is 88.2 Å². The van der Waals surface area contributed by atoms with Crippen LogP contribution in [0.4, 0.5) is 11.4 Å². The van der Waals surface area contributed by atoms with E-state index in [9.17, 15) is 9.90 Å². The molecule has 0 amide bonds. The standard InChI is InChI=1S/C29H40ClN3O7/c1-19-16-32(25-13-28(37-4)31-15-23(25)30)10-9-26(19)40-22-7-5-21(6-8-22)33-17-27(39-18-38-12-11-36-3)20(2)24(33)14-29(34)35/h5-8,13,15,19-20,24,26-27H,9-12,14,16-18H2,1-4H3,(H,34,35). The van der Waals surface area contributed by atoms with Crippen LogP contribution in [0.3, 0.4) is 0 Å². The van der Waals surface area contributed by atoms with Crippen molar-refractivity contribution in [3.8, 4) is 11.6 Å². The van der Waals surface area contributed by atoms with Crippen molar-refractivity contribution in [2.45, 2.75) is 44.9 Å². The highest BCUT2D eigenvalue weighted by molar-refractivity contribution is 6.33. The van der Waals surface area contributed by atoms with E-state index < -0.39 is 5.97 Å². The minimum absolute atomic E-state index is 0.0259. The molecule has 3 heterocycles. The molecule has 1 aromatic heterocycles. The van der Waals surface area contributed by atoms with Gasteiger partial charge in [0, 0.05) is 62.8 Å². The second-order valence-corrected chi connectivity index (χ2v) is 10.8. The second kappa shape index (κ2) is 14.2. The maximum atomic E-state index is 11.6. The van der Waals surface area contributed by atoms with Gasteiger partial charge in [0.15, 0.2) is 0 Å². The maximum Gasteiger partial charge on any atom is 0.305 e. The predicted molar refractivity (Wildman–Crippen MR) is 153 cm³/mol. The number of hydrogen-bond acceptors (Lipinski definition) is 9. The lowest BCUT2D eigenvalue weighted by Crippen LogP contribution is -2.44. The average molecular weight is 578 g/mol. The van der Waals surface area contributed by atoms with Gasteiger partial charge in [-0.15, -0.1) is 0 Å². The van der Waals surface area contributed by atoms with Crippen LogP contribution >= 0.6 is 11.6 Å². The molecule has 0 spiro atoms. The van der Waals surface area contributed by atoms with Gasteiger partial charge < -0.3 is 38.6 Å². The van der Waals surface area contributed by atoms with Crippen molar-refractivity contribution in [3.63, 3.8) is 0 Å². The van der Waals surface area contributed by atoms with Gasteiger partial charge in [0.1, 0.15) is 18.6 Å². The molecule has 0 aliphatic carbocycles. The van der Waals surface area contributed by atoms with E-state index in [0.29, 0.717) is 30.7 Å². The molecule has 2 saturated heterocycles. The molecule has 11 heteroatoms. The Bertz CT molecular complexity index is 1110. The van der Waals surface area contributed by atoms with Gasteiger partial charge in [-0.1, -0.05) is 25.4 Å². The Balaban J connectivity index is 1.36. The van der Waals surface area contributed by atoms with Gasteiger partial charge in [0.2, 0.25) is 5.88 Å². The molecule has 1 aromatic carbocycles. The van der Waals surface area contributed by atoms with Gasteiger partial charge in [0.05, 0.1) is 49.8 Å². The van der Waals surface area contributed by atoms with Crippen molar-refractivity contribution in [1.29, 1.82) is 0 Å². The summed E-state index contributed by atoms with van der Waals surface area (Å²) in [5.74, 6) is 0.798. The number of nitrogens with zero attached hydrogens (tertiary/aromatic N) is 3. The number of benzene rings is 1. The van der Waals surface area contributed by atoms with Crippen LogP contribution in [0.25, 0.3) is 0 Å². The number of pyridine rings is 1. The first-order valence-corrected chi connectivity index (χ1v) is 14.1. The summed E-state index contributed by atoms with van der Waals surface area (Å²) in [6.07, 6.45) is 2.43. The van der Waals surface area contributed by atoms with E-state index in [1.807, 2.05) is 37.3 Å². The number of carboxylic acids is 1. The fourth-order valence-corrected chi connectivity index (χ4v) is 5.74. The Kier molecular flexibility index (Phi) is 10.7. The summed E-state index contributed by atoms with van der Waals surface area (Å²) < 4.78 is 28.1. The topological polar surface area (TPSA) is 103 Å². The van der Waals surface area contributed by atoms with E-state index in [-0.39, 0.29) is 43.3 Å². The number of aromatic nitrogens is 1. The second-order valence-electron chi connectivity index (χ2n) is 10.4. The first-order chi connectivity index (χ1) is 19.3. The van der Waals surface area contributed by atoms with Gasteiger partial charge in [-0.3, -0.25) is 4.79 Å². The Morgan fingerprint density at radius 3 is 2.58 bits per heavy atom. The van der Waals surface area contributed by atoms with Crippen molar-refractivity contribution in [3.05, 3.63) is 41.6 Å². The average Bonchev–Trinajstić information content (AvgIpc) is 3.24. The quantitative estimate of drug-likeness (QED) is 0.273. The number of halogens is 1. The van der Waals surface area contributed by atoms with Gasteiger partial charge in [0.25, 0.3) is 0 Å². The largest absolute Gasteiger partial charge is 0.490 e. The number of ether oxygens (including phenoxy) is 5. The number of anilines is 2. The molecule has 2 fully saturated rings. The molecule has 40 heavy (non-hydrogen) atoms. The van der Waals surface area contributed by atoms with Crippen molar-refractivity contribution in [1.82, 2.24) is 4.98 Å². The van der Waals surface area contributed by atoms with Crippen molar-refractivity contribution >= 4 is 28.9 Å². The van der Waals surface area contributed by atoms with E-state index in [1.165, 1.54) is 0 Å². The highest BCUT2D eigenvalue weighted by atomic mass is 35.5. The fourth-order valence-electron chi connectivity index (χ4n) is 5.51.